The molecule has 2 aliphatic heterocycles. The molecular formula is C26H25FN2O5S2. The lowest BCUT2D eigenvalue weighted by atomic mass is 10.0. The maximum absolute atomic E-state index is 13.5. The van der Waals surface area contributed by atoms with Crippen molar-refractivity contribution in [2.45, 2.75) is 52.8 Å². The number of halogens is 1. The highest BCUT2D eigenvalue weighted by molar-refractivity contribution is 7.92. The Balaban J connectivity index is 1.34. The van der Waals surface area contributed by atoms with Gasteiger partial charge in [0, 0.05) is 23.3 Å². The fourth-order valence-electron chi connectivity index (χ4n) is 5.23. The van der Waals surface area contributed by atoms with E-state index in [0.717, 1.165) is 25.0 Å². The Morgan fingerprint density at radius 3 is 2.11 bits per heavy atom. The number of anilines is 1. The number of hydrogen-bond acceptors (Lipinski definition) is 5. The minimum Gasteiger partial charge on any atom is -0.333 e. The van der Waals surface area contributed by atoms with Gasteiger partial charge in [-0.1, -0.05) is 30.3 Å². The van der Waals surface area contributed by atoms with E-state index in [-0.39, 0.29) is 28.6 Å². The maximum Gasteiger partial charge on any atom is 0.261 e. The van der Waals surface area contributed by atoms with Crippen molar-refractivity contribution in [1.29, 1.82) is 0 Å². The molecule has 7 nitrogen and oxygen atoms in total. The molecule has 0 radical (unpaired) electrons. The van der Waals surface area contributed by atoms with Crippen LogP contribution in [-0.2, 0) is 19.9 Å². The van der Waals surface area contributed by atoms with Crippen molar-refractivity contribution in [2.75, 3.05) is 4.72 Å². The van der Waals surface area contributed by atoms with Gasteiger partial charge in [0.25, 0.3) is 15.9 Å². The van der Waals surface area contributed by atoms with Gasteiger partial charge in [0.2, 0.25) is 0 Å². The van der Waals surface area contributed by atoms with Gasteiger partial charge in [0.1, 0.15) is 5.82 Å². The standard InChI is InChI=1S/C26H25FN2O5S2/c27-19-7-5-11-24(15-19)36(33,34)28-20-8-4-6-18(14-20)26(30)29-21-12-13-22(29)17-25(16-21)35(31,32)23-9-2-1-3-10-23/h1-11,14-15,21-22,25,28H,12-13,16-17H2. The van der Waals surface area contributed by atoms with E-state index in [9.17, 15) is 26.0 Å². The Kier molecular flexibility index (Phi) is 6.34. The van der Waals surface area contributed by atoms with Gasteiger partial charge < -0.3 is 4.90 Å². The van der Waals surface area contributed by atoms with Gasteiger partial charge in [-0.15, -0.1) is 0 Å². The van der Waals surface area contributed by atoms with Gasteiger partial charge in [-0.2, -0.15) is 0 Å². The number of piperidine rings is 1. The van der Waals surface area contributed by atoms with Crippen LogP contribution in [0.4, 0.5) is 10.1 Å². The highest BCUT2D eigenvalue weighted by Crippen LogP contribution is 2.40. The number of sulfone groups is 1. The second-order valence-corrected chi connectivity index (χ2v) is 13.1. The fourth-order valence-corrected chi connectivity index (χ4v) is 8.18. The Labute approximate surface area is 209 Å². The molecule has 0 aliphatic carbocycles. The summed E-state index contributed by atoms with van der Waals surface area (Å²) in [6.07, 6.45) is 2.18. The summed E-state index contributed by atoms with van der Waals surface area (Å²) < 4.78 is 67.6. The van der Waals surface area contributed by atoms with Crippen molar-refractivity contribution >= 4 is 31.5 Å². The lowest BCUT2D eigenvalue weighted by molar-refractivity contribution is 0.0598. The van der Waals surface area contributed by atoms with E-state index >= 15 is 0 Å². The van der Waals surface area contributed by atoms with E-state index in [1.165, 1.54) is 24.3 Å². The predicted molar refractivity (Wildman–Crippen MR) is 133 cm³/mol. The number of carbonyl (C=O) groups excluding carboxylic acids is 1. The molecule has 3 aromatic rings. The van der Waals surface area contributed by atoms with Crippen molar-refractivity contribution < 1.29 is 26.0 Å². The molecular weight excluding hydrogens is 503 g/mol. The third kappa shape index (κ3) is 4.62. The van der Waals surface area contributed by atoms with E-state index in [0.29, 0.717) is 23.3 Å². The number of fused-ring (bicyclic) bond motifs is 2. The quantitative estimate of drug-likeness (QED) is 0.516. The Bertz CT molecular complexity index is 1500. The summed E-state index contributed by atoms with van der Waals surface area (Å²) in [6, 6.07) is 18.8. The first-order valence-electron chi connectivity index (χ1n) is 11.7. The number of amides is 1. The number of sulfonamides is 1. The first kappa shape index (κ1) is 24.5. The first-order chi connectivity index (χ1) is 17.1. The van der Waals surface area contributed by atoms with Crippen LogP contribution in [0, 0.1) is 5.82 Å². The van der Waals surface area contributed by atoms with Crippen molar-refractivity contribution in [3.05, 3.63) is 90.2 Å². The van der Waals surface area contributed by atoms with Crippen molar-refractivity contribution in [1.82, 2.24) is 4.90 Å². The highest BCUT2D eigenvalue weighted by Gasteiger charge is 2.47. The second kappa shape index (κ2) is 9.33. The smallest absolute Gasteiger partial charge is 0.261 e. The van der Waals surface area contributed by atoms with Crippen LogP contribution in [-0.4, -0.2) is 45.0 Å². The Hall–Kier alpha value is -3.24. The summed E-state index contributed by atoms with van der Waals surface area (Å²) in [5.74, 6) is -0.931. The van der Waals surface area contributed by atoms with E-state index in [2.05, 4.69) is 4.72 Å². The van der Waals surface area contributed by atoms with Crippen molar-refractivity contribution in [3.8, 4) is 0 Å². The van der Waals surface area contributed by atoms with Crippen LogP contribution in [0.25, 0.3) is 0 Å². The van der Waals surface area contributed by atoms with Crippen molar-refractivity contribution in [3.63, 3.8) is 0 Å². The third-order valence-electron chi connectivity index (χ3n) is 6.90. The molecule has 2 unspecified atom stereocenters. The summed E-state index contributed by atoms with van der Waals surface area (Å²) in [4.78, 5) is 15.3. The minimum absolute atomic E-state index is 0.180. The molecule has 2 aliphatic rings. The van der Waals surface area contributed by atoms with Gasteiger partial charge in [0.15, 0.2) is 9.84 Å². The number of hydrogen-bond donors (Lipinski definition) is 1. The number of nitrogens with one attached hydrogen (secondary N) is 1. The average molecular weight is 529 g/mol. The number of nitrogens with zero attached hydrogens (tertiary/aromatic N) is 1. The monoisotopic (exact) mass is 528 g/mol. The van der Waals surface area contributed by atoms with Gasteiger partial charge in [-0.3, -0.25) is 9.52 Å². The SMILES string of the molecule is O=C(c1cccc(NS(=O)(=O)c2cccc(F)c2)c1)N1C2CCC1CC(S(=O)(=O)c1ccccc1)C2. The van der Waals surface area contributed by atoms with Crippen LogP contribution in [0.3, 0.4) is 0 Å². The lowest BCUT2D eigenvalue weighted by Gasteiger charge is -2.38. The van der Waals surface area contributed by atoms with E-state index in [4.69, 9.17) is 0 Å². The Morgan fingerprint density at radius 2 is 1.44 bits per heavy atom. The predicted octanol–water partition coefficient (Wildman–Crippen LogP) is 4.24. The van der Waals surface area contributed by atoms with Crippen LogP contribution in [0.5, 0.6) is 0 Å². The number of rotatable bonds is 6. The van der Waals surface area contributed by atoms with Gasteiger partial charge in [0.05, 0.1) is 15.0 Å². The molecule has 3 aromatic carbocycles. The maximum atomic E-state index is 13.5. The van der Waals surface area contributed by atoms with Crippen LogP contribution < -0.4 is 4.72 Å². The van der Waals surface area contributed by atoms with Gasteiger partial charge in [-0.05, 0) is 74.2 Å². The second-order valence-electron chi connectivity index (χ2n) is 9.19. The largest absolute Gasteiger partial charge is 0.333 e. The molecule has 1 N–H and O–H groups in total. The molecule has 36 heavy (non-hydrogen) atoms. The van der Waals surface area contributed by atoms with Gasteiger partial charge in [-0.25, -0.2) is 21.2 Å². The molecule has 2 fully saturated rings. The summed E-state index contributed by atoms with van der Waals surface area (Å²) in [7, 11) is -7.54. The fraction of sp³-hybridized carbons (Fsp3) is 0.269. The molecule has 2 bridgehead atoms. The van der Waals surface area contributed by atoms with Gasteiger partial charge >= 0.3 is 0 Å². The van der Waals surface area contributed by atoms with Crippen molar-refractivity contribution in [2.24, 2.45) is 0 Å². The summed E-state index contributed by atoms with van der Waals surface area (Å²) in [5.41, 5.74) is 0.481. The Morgan fingerprint density at radius 1 is 0.806 bits per heavy atom. The summed E-state index contributed by atoms with van der Waals surface area (Å²) in [5, 5.41) is -0.550. The molecule has 10 heteroatoms. The molecule has 1 amide bonds. The van der Waals surface area contributed by atoms with E-state index < -0.39 is 30.9 Å². The van der Waals surface area contributed by atoms with Crippen LogP contribution >= 0.6 is 0 Å². The zero-order valence-corrected chi connectivity index (χ0v) is 20.9. The number of benzene rings is 3. The summed E-state index contributed by atoms with van der Waals surface area (Å²) in [6.45, 7) is 0. The number of carbonyl (C=O) groups is 1. The molecule has 188 valence electrons. The topological polar surface area (TPSA) is 101 Å². The summed E-state index contributed by atoms with van der Waals surface area (Å²) >= 11 is 0. The van der Waals surface area contributed by atoms with Crippen LogP contribution in [0.1, 0.15) is 36.0 Å². The minimum atomic E-state index is -4.04. The lowest BCUT2D eigenvalue weighted by Crippen LogP contribution is -2.49. The molecule has 2 heterocycles. The molecule has 5 rings (SSSR count). The molecule has 0 aromatic heterocycles. The van der Waals surface area contributed by atoms with Crippen LogP contribution in [0.15, 0.2) is 88.7 Å². The molecule has 2 saturated heterocycles. The molecule has 2 atom stereocenters. The normalized spacial score (nSPS) is 21.8. The first-order valence-corrected chi connectivity index (χ1v) is 14.7. The third-order valence-corrected chi connectivity index (χ3v) is 10.5. The molecule has 0 spiro atoms. The van der Waals surface area contributed by atoms with E-state index in [1.807, 2.05) is 0 Å². The highest BCUT2D eigenvalue weighted by atomic mass is 32.2. The van der Waals surface area contributed by atoms with Crippen LogP contribution in [0.2, 0.25) is 0 Å². The van der Waals surface area contributed by atoms with E-state index in [1.54, 1.807) is 47.4 Å². The average Bonchev–Trinajstić information content (AvgIpc) is 3.12. The zero-order valence-electron chi connectivity index (χ0n) is 19.2. The molecule has 0 saturated carbocycles. The zero-order chi connectivity index (χ0) is 25.5.